The van der Waals surface area contributed by atoms with E-state index < -0.39 is 23.0 Å². The number of hydrogen-bond donors (Lipinski definition) is 1. The number of anilines is 1. The van der Waals surface area contributed by atoms with E-state index in [2.05, 4.69) is 10.1 Å². The number of ether oxygens (including phenoxy) is 3. The Balaban J connectivity index is 1.72. The van der Waals surface area contributed by atoms with Crippen molar-refractivity contribution in [2.24, 2.45) is 0 Å². The molecule has 0 aromatic heterocycles. The van der Waals surface area contributed by atoms with E-state index in [4.69, 9.17) is 9.47 Å². The zero-order valence-electron chi connectivity index (χ0n) is 19.0. The molecule has 0 radical (unpaired) electrons. The number of hydrogen-bond acceptors (Lipinski definition) is 8. The molecule has 34 heavy (non-hydrogen) atoms. The summed E-state index contributed by atoms with van der Waals surface area (Å²) < 4.78 is 15.6. The lowest BCUT2D eigenvalue weighted by Crippen LogP contribution is -2.36. The standard InChI is InChI=1S/C24H24N2O7S/c1-4-32-19-11-16(9-10-18(19)33-14-22(28)31-3)12-20-23(29)26(24(30)34-20)13-21(27)25-17-8-6-5-7-15(17)2/h5-12H,4,13-14H2,1-3H3,(H,25,27)/b20-12+. The highest BCUT2D eigenvalue weighted by Crippen LogP contribution is 2.34. The van der Waals surface area contributed by atoms with Crippen LogP contribution in [0.3, 0.4) is 0 Å². The normalized spacial score (nSPS) is 14.3. The highest BCUT2D eigenvalue weighted by Gasteiger charge is 2.36. The van der Waals surface area contributed by atoms with Crippen molar-refractivity contribution >= 4 is 46.5 Å². The summed E-state index contributed by atoms with van der Waals surface area (Å²) in [4.78, 5) is 50.0. The maximum atomic E-state index is 12.8. The van der Waals surface area contributed by atoms with Gasteiger partial charge in [-0.25, -0.2) is 4.79 Å². The average Bonchev–Trinajstić information content (AvgIpc) is 3.07. The number of nitrogens with zero attached hydrogens (tertiary/aromatic N) is 1. The topological polar surface area (TPSA) is 111 Å². The van der Waals surface area contributed by atoms with Gasteiger partial charge in [0.2, 0.25) is 5.91 Å². The first-order chi connectivity index (χ1) is 16.3. The lowest BCUT2D eigenvalue weighted by Gasteiger charge is -2.13. The fraction of sp³-hybridized carbons (Fsp3) is 0.250. The molecule has 1 N–H and O–H groups in total. The largest absolute Gasteiger partial charge is 0.490 e. The number of rotatable bonds is 9. The van der Waals surface area contributed by atoms with E-state index >= 15 is 0 Å². The third kappa shape index (κ3) is 6.16. The summed E-state index contributed by atoms with van der Waals surface area (Å²) in [5, 5.41) is 2.19. The van der Waals surface area contributed by atoms with Gasteiger partial charge in [-0.15, -0.1) is 0 Å². The first kappa shape index (κ1) is 24.8. The van der Waals surface area contributed by atoms with E-state index in [1.54, 1.807) is 37.3 Å². The molecule has 0 aliphatic carbocycles. The minimum Gasteiger partial charge on any atom is -0.490 e. The van der Waals surface area contributed by atoms with Crippen molar-refractivity contribution in [1.29, 1.82) is 0 Å². The number of carbonyl (C=O) groups is 4. The van der Waals surface area contributed by atoms with Crippen LogP contribution in [0.25, 0.3) is 6.08 Å². The zero-order chi connectivity index (χ0) is 24.7. The van der Waals surface area contributed by atoms with Crippen LogP contribution in [-0.4, -0.2) is 54.8 Å². The van der Waals surface area contributed by atoms with E-state index in [1.807, 2.05) is 19.1 Å². The Morgan fingerprint density at radius 3 is 2.56 bits per heavy atom. The third-order valence-corrected chi connectivity index (χ3v) is 5.64. The Bertz CT molecular complexity index is 1150. The van der Waals surface area contributed by atoms with Gasteiger partial charge < -0.3 is 19.5 Å². The molecule has 0 atom stereocenters. The Labute approximate surface area is 201 Å². The van der Waals surface area contributed by atoms with E-state index in [1.165, 1.54) is 13.2 Å². The second-order valence-electron chi connectivity index (χ2n) is 7.13. The van der Waals surface area contributed by atoms with Crippen LogP contribution in [0.15, 0.2) is 47.4 Å². The number of carbonyl (C=O) groups excluding carboxylic acids is 4. The highest BCUT2D eigenvalue weighted by molar-refractivity contribution is 8.18. The summed E-state index contributed by atoms with van der Waals surface area (Å²) in [6.07, 6.45) is 1.54. The van der Waals surface area contributed by atoms with Crippen molar-refractivity contribution in [2.75, 3.05) is 32.2 Å². The van der Waals surface area contributed by atoms with Crippen molar-refractivity contribution in [1.82, 2.24) is 4.90 Å². The Hall–Kier alpha value is -3.79. The van der Waals surface area contributed by atoms with Gasteiger partial charge in [-0.2, -0.15) is 0 Å². The smallest absolute Gasteiger partial charge is 0.343 e. The molecule has 1 heterocycles. The number of esters is 1. The van der Waals surface area contributed by atoms with Crippen molar-refractivity contribution in [2.45, 2.75) is 13.8 Å². The number of methoxy groups -OCH3 is 1. The summed E-state index contributed by atoms with van der Waals surface area (Å²) in [6.45, 7) is 3.33. The van der Waals surface area contributed by atoms with Crippen LogP contribution in [-0.2, 0) is 19.1 Å². The van der Waals surface area contributed by atoms with Gasteiger partial charge in [0.1, 0.15) is 6.54 Å². The summed E-state index contributed by atoms with van der Waals surface area (Å²) in [5.41, 5.74) is 2.07. The number of thioether (sulfide) groups is 1. The molecule has 10 heteroatoms. The van der Waals surface area contributed by atoms with Crippen LogP contribution < -0.4 is 14.8 Å². The molecule has 9 nitrogen and oxygen atoms in total. The minimum absolute atomic E-state index is 0.180. The molecule has 1 aliphatic heterocycles. The Kier molecular flexibility index (Phi) is 8.31. The quantitative estimate of drug-likeness (QED) is 0.424. The van der Waals surface area contributed by atoms with Crippen LogP contribution in [0, 0.1) is 6.92 Å². The summed E-state index contributed by atoms with van der Waals surface area (Å²) in [6, 6.07) is 12.1. The fourth-order valence-corrected chi connectivity index (χ4v) is 3.87. The second-order valence-corrected chi connectivity index (χ2v) is 8.13. The van der Waals surface area contributed by atoms with E-state index in [9.17, 15) is 19.2 Å². The fourth-order valence-electron chi connectivity index (χ4n) is 3.03. The van der Waals surface area contributed by atoms with Crippen molar-refractivity contribution in [3.05, 3.63) is 58.5 Å². The van der Waals surface area contributed by atoms with Crippen LogP contribution in [0.4, 0.5) is 10.5 Å². The monoisotopic (exact) mass is 484 g/mol. The van der Waals surface area contributed by atoms with E-state index in [0.717, 1.165) is 22.2 Å². The minimum atomic E-state index is -0.557. The van der Waals surface area contributed by atoms with Gasteiger partial charge in [0.15, 0.2) is 18.1 Å². The van der Waals surface area contributed by atoms with Gasteiger partial charge in [0.25, 0.3) is 11.1 Å². The SMILES string of the molecule is CCOc1cc(/C=C2/SC(=O)N(CC(=O)Nc3ccccc3C)C2=O)ccc1OCC(=O)OC. The predicted molar refractivity (Wildman–Crippen MR) is 128 cm³/mol. The first-order valence-electron chi connectivity index (χ1n) is 10.4. The lowest BCUT2D eigenvalue weighted by molar-refractivity contribution is -0.143. The van der Waals surface area contributed by atoms with Crippen molar-refractivity contribution < 1.29 is 33.4 Å². The molecule has 3 rings (SSSR count). The second kappa shape index (κ2) is 11.4. The molecule has 0 unspecified atom stereocenters. The molecule has 2 aromatic rings. The number of nitrogens with one attached hydrogen (secondary N) is 1. The van der Waals surface area contributed by atoms with Gasteiger partial charge in [-0.1, -0.05) is 24.3 Å². The molecule has 2 aromatic carbocycles. The van der Waals surface area contributed by atoms with Gasteiger partial charge >= 0.3 is 5.97 Å². The highest BCUT2D eigenvalue weighted by atomic mass is 32.2. The number of aryl methyl sites for hydroxylation is 1. The van der Waals surface area contributed by atoms with Crippen LogP contribution in [0.5, 0.6) is 11.5 Å². The maximum absolute atomic E-state index is 12.8. The van der Waals surface area contributed by atoms with Gasteiger partial charge in [-0.3, -0.25) is 19.3 Å². The molecular formula is C24H24N2O7S. The maximum Gasteiger partial charge on any atom is 0.343 e. The van der Waals surface area contributed by atoms with Crippen LogP contribution >= 0.6 is 11.8 Å². The molecule has 1 saturated heterocycles. The number of amides is 3. The summed E-state index contributed by atoms with van der Waals surface area (Å²) >= 11 is 0.754. The number of benzene rings is 2. The van der Waals surface area contributed by atoms with E-state index in [0.29, 0.717) is 29.4 Å². The third-order valence-electron chi connectivity index (χ3n) is 4.73. The number of para-hydroxylation sites is 1. The van der Waals surface area contributed by atoms with Gasteiger partial charge in [0, 0.05) is 5.69 Å². The molecule has 1 aliphatic rings. The van der Waals surface area contributed by atoms with Crippen LogP contribution in [0.1, 0.15) is 18.1 Å². The summed E-state index contributed by atoms with van der Waals surface area (Å²) in [7, 11) is 1.26. The van der Waals surface area contributed by atoms with E-state index in [-0.39, 0.29) is 18.1 Å². The molecular weight excluding hydrogens is 460 g/mol. The van der Waals surface area contributed by atoms with Crippen molar-refractivity contribution in [3.8, 4) is 11.5 Å². The first-order valence-corrected chi connectivity index (χ1v) is 11.2. The predicted octanol–water partition coefficient (Wildman–Crippen LogP) is 3.62. The molecule has 0 bridgehead atoms. The van der Waals surface area contributed by atoms with Gasteiger partial charge in [-0.05, 0) is 61.0 Å². The molecule has 1 fully saturated rings. The Morgan fingerprint density at radius 1 is 1.09 bits per heavy atom. The van der Waals surface area contributed by atoms with Crippen molar-refractivity contribution in [3.63, 3.8) is 0 Å². The average molecular weight is 485 g/mol. The molecule has 0 saturated carbocycles. The van der Waals surface area contributed by atoms with Crippen LogP contribution in [0.2, 0.25) is 0 Å². The van der Waals surface area contributed by atoms with Gasteiger partial charge in [0.05, 0.1) is 18.6 Å². The Morgan fingerprint density at radius 2 is 1.85 bits per heavy atom. The zero-order valence-corrected chi connectivity index (χ0v) is 19.8. The molecule has 3 amide bonds. The lowest BCUT2D eigenvalue weighted by atomic mass is 10.2. The number of imide groups is 1. The molecule has 178 valence electrons. The molecule has 0 spiro atoms. The summed E-state index contributed by atoms with van der Waals surface area (Å²) in [5.74, 6) is -0.850.